The van der Waals surface area contributed by atoms with Crippen molar-refractivity contribution in [3.05, 3.63) is 58.4 Å². The van der Waals surface area contributed by atoms with Gasteiger partial charge in [-0.1, -0.05) is 30.3 Å². The molecule has 1 amide bonds. The molecule has 0 saturated carbocycles. The summed E-state index contributed by atoms with van der Waals surface area (Å²) in [6.45, 7) is 7.15. The number of nitrogens with one attached hydrogen (secondary N) is 2. The zero-order valence-electron chi connectivity index (χ0n) is 14.2. The third kappa shape index (κ3) is 4.09. The number of aryl methyl sites for hydroxylation is 2. The summed E-state index contributed by atoms with van der Waals surface area (Å²) in [5.41, 5.74) is 3.84. The van der Waals surface area contributed by atoms with Crippen molar-refractivity contribution < 1.29 is 9.59 Å². The number of ketones is 1. The number of aromatic nitrogens is 1. The normalized spacial score (nSPS) is 12.0. The fraction of sp³-hybridized carbons (Fsp3) is 0.368. The van der Waals surface area contributed by atoms with E-state index in [1.54, 1.807) is 0 Å². The number of aromatic amines is 1. The van der Waals surface area contributed by atoms with Gasteiger partial charge in [0.25, 0.3) is 5.91 Å². The number of carbonyl (C=O) groups excluding carboxylic acids is 2. The molecule has 1 atom stereocenters. The molecule has 0 unspecified atom stereocenters. The van der Waals surface area contributed by atoms with Gasteiger partial charge in [-0.15, -0.1) is 0 Å². The molecule has 2 rings (SSSR count). The summed E-state index contributed by atoms with van der Waals surface area (Å²) in [7, 11) is 0. The van der Waals surface area contributed by atoms with Crippen molar-refractivity contribution in [3.8, 4) is 0 Å². The molecule has 0 bridgehead atoms. The Bertz CT molecular complexity index is 702. The predicted molar refractivity (Wildman–Crippen MR) is 92.0 cm³/mol. The Labute approximate surface area is 137 Å². The first-order valence-corrected chi connectivity index (χ1v) is 7.95. The monoisotopic (exact) mass is 312 g/mol. The first kappa shape index (κ1) is 17.0. The summed E-state index contributed by atoms with van der Waals surface area (Å²) < 4.78 is 0. The van der Waals surface area contributed by atoms with Crippen LogP contribution in [0.2, 0.25) is 0 Å². The Morgan fingerprint density at radius 2 is 1.83 bits per heavy atom. The summed E-state index contributed by atoms with van der Waals surface area (Å²) in [5.74, 6) is -0.175. The maximum atomic E-state index is 12.4. The highest BCUT2D eigenvalue weighted by Gasteiger charge is 2.20. The molecule has 122 valence electrons. The van der Waals surface area contributed by atoms with Crippen molar-refractivity contribution in [1.29, 1.82) is 0 Å². The Hall–Kier alpha value is -2.36. The van der Waals surface area contributed by atoms with Crippen molar-refractivity contribution in [2.45, 2.75) is 46.6 Å². The number of Topliss-reactive ketones (excluding diaryl/α,β-unsaturated/α-hetero) is 1. The summed E-state index contributed by atoms with van der Waals surface area (Å²) in [5, 5.41) is 3.01. The van der Waals surface area contributed by atoms with Gasteiger partial charge in [0.1, 0.15) is 5.69 Å². The lowest BCUT2D eigenvalue weighted by Gasteiger charge is -2.14. The largest absolute Gasteiger partial charge is 0.354 e. The fourth-order valence-corrected chi connectivity index (χ4v) is 2.90. The number of rotatable bonds is 6. The van der Waals surface area contributed by atoms with Crippen molar-refractivity contribution in [2.75, 3.05) is 0 Å². The molecule has 0 radical (unpaired) electrons. The highest BCUT2D eigenvalue weighted by Crippen LogP contribution is 2.18. The highest BCUT2D eigenvalue weighted by atomic mass is 16.2. The average molecular weight is 312 g/mol. The number of amides is 1. The number of H-pyrrole nitrogens is 1. The van der Waals surface area contributed by atoms with E-state index in [-0.39, 0.29) is 17.7 Å². The summed E-state index contributed by atoms with van der Waals surface area (Å²) in [6.07, 6.45) is 1.79. The molecule has 1 aromatic carbocycles. The lowest BCUT2D eigenvalue weighted by molar-refractivity contribution is 0.0933. The molecule has 23 heavy (non-hydrogen) atoms. The minimum Gasteiger partial charge on any atom is -0.354 e. The van der Waals surface area contributed by atoms with Crippen LogP contribution in [0.3, 0.4) is 0 Å². The second-order valence-electron chi connectivity index (χ2n) is 6.08. The Balaban J connectivity index is 1.99. The van der Waals surface area contributed by atoms with Crippen molar-refractivity contribution in [2.24, 2.45) is 0 Å². The molecule has 4 heteroatoms. The average Bonchev–Trinajstić information content (AvgIpc) is 2.81. The van der Waals surface area contributed by atoms with E-state index >= 15 is 0 Å². The number of hydrogen-bond donors (Lipinski definition) is 2. The molecule has 2 aromatic rings. The molecule has 0 aliphatic heterocycles. The Kier molecular flexibility index (Phi) is 5.37. The van der Waals surface area contributed by atoms with E-state index in [9.17, 15) is 9.59 Å². The molecule has 0 spiro atoms. The van der Waals surface area contributed by atoms with Crippen LogP contribution in [-0.2, 0) is 6.42 Å². The second kappa shape index (κ2) is 7.27. The Morgan fingerprint density at radius 3 is 2.39 bits per heavy atom. The van der Waals surface area contributed by atoms with Crippen LogP contribution in [-0.4, -0.2) is 22.7 Å². The van der Waals surface area contributed by atoms with Gasteiger partial charge in [-0.05, 0) is 51.7 Å². The molecule has 0 saturated heterocycles. The predicted octanol–water partition coefficient (Wildman–Crippen LogP) is 3.59. The lowest BCUT2D eigenvalue weighted by atomic mass is 10.1. The minimum absolute atomic E-state index is 0.0209. The summed E-state index contributed by atoms with van der Waals surface area (Å²) >= 11 is 0. The van der Waals surface area contributed by atoms with Gasteiger partial charge in [0, 0.05) is 17.3 Å². The fourth-order valence-electron chi connectivity index (χ4n) is 2.90. The van der Waals surface area contributed by atoms with Crippen molar-refractivity contribution >= 4 is 11.7 Å². The van der Waals surface area contributed by atoms with Crippen LogP contribution in [0.1, 0.15) is 57.9 Å². The van der Waals surface area contributed by atoms with Crippen molar-refractivity contribution in [3.63, 3.8) is 0 Å². The van der Waals surface area contributed by atoms with Crippen LogP contribution in [0, 0.1) is 13.8 Å². The zero-order chi connectivity index (χ0) is 17.0. The van der Waals surface area contributed by atoms with Crippen LogP contribution in [0.15, 0.2) is 30.3 Å². The topological polar surface area (TPSA) is 62.0 Å². The van der Waals surface area contributed by atoms with Gasteiger partial charge >= 0.3 is 0 Å². The quantitative estimate of drug-likeness (QED) is 0.801. The maximum absolute atomic E-state index is 12.4. The maximum Gasteiger partial charge on any atom is 0.268 e. The van der Waals surface area contributed by atoms with E-state index in [4.69, 9.17) is 0 Å². The molecule has 1 aromatic heterocycles. The zero-order valence-corrected chi connectivity index (χ0v) is 14.2. The van der Waals surface area contributed by atoms with E-state index in [0.717, 1.165) is 24.1 Å². The van der Waals surface area contributed by atoms with Crippen LogP contribution < -0.4 is 5.32 Å². The molecule has 0 fully saturated rings. The second-order valence-corrected chi connectivity index (χ2v) is 6.08. The molecule has 4 nitrogen and oxygen atoms in total. The van der Waals surface area contributed by atoms with Gasteiger partial charge in [-0.25, -0.2) is 0 Å². The SMILES string of the molecule is CC(=O)c1c(C)[nH]c(C(=O)N[C@H](C)CCc2ccccc2)c1C. The van der Waals surface area contributed by atoms with Gasteiger partial charge in [-0.3, -0.25) is 9.59 Å². The van der Waals surface area contributed by atoms with Crippen LogP contribution in [0.25, 0.3) is 0 Å². The van der Waals surface area contributed by atoms with E-state index in [2.05, 4.69) is 22.4 Å². The van der Waals surface area contributed by atoms with Crippen LogP contribution in [0.4, 0.5) is 0 Å². The summed E-state index contributed by atoms with van der Waals surface area (Å²) in [4.78, 5) is 27.1. The minimum atomic E-state index is -0.154. The molecular formula is C19H24N2O2. The third-order valence-electron chi connectivity index (χ3n) is 4.10. The van der Waals surface area contributed by atoms with Crippen molar-refractivity contribution in [1.82, 2.24) is 10.3 Å². The van der Waals surface area contributed by atoms with Gasteiger partial charge in [0.2, 0.25) is 0 Å². The number of carbonyl (C=O) groups is 2. The molecule has 0 aliphatic rings. The van der Waals surface area contributed by atoms with E-state index in [0.29, 0.717) is 11.3 Å². The highest BCUT2D eigenvalue weighted by molar-refractivity contribution is 6.02. The van der Waals surface area contributed by atoms with E-state index in [1.807, 2.05) is 39.0 Å². The first-order chi connectivity index (χ1) is 10.9. The van der Waals surface area contributed by atoms with Gasteiger partial charge in [0.15, 0.2) is 5.78 Å². The molecule has 1 heterocycles. The number of benzene rings is 1. The van der Waals surface area contributed by atoms with E-state index < -0.39 is 0 Å². The summed E-state index contributed by atoms with van der Waals surface area (Å²) in [6, 6.07) is 10.3. The first-order valence-electron chi connectivity index (χ1n) is 7.95. The molecular weight excluding hydrogens is 288 g/mol. The third-order valence-corrected chi connectivity index (χ3v) is 4.10. The number of hydrogen-bond acceptors (Lipinski definition) is 2. The molecule has 2 N–H and O–H groups in total. The van der Waals surface area contributed by atoms with Gasteiger partial charge in [-0.2, -0.15) is 0 Å². The van der Waals surface area contributed by atoms with Gasteiger partial charge in [0.05, 0.1) is 0 Å². The van der Waals surface area contributed by atoms with Crippen LogP contribution in [0.5, 0.6) is 0 Å². The molecule has 0 aliphatic carbocycles. The van der Waals surface area contributed by atoms with Gasteiger partial charge < -0.3 is 10.3 Å². The Morgan fingerprint density at radius 1 is 1.17 bits per heavy atom. The van der Waals surface area contributed by atoms with E-state index in [1.165, 1.54) is 12.5 Å². The van der Waals surface area contributed by atoms with Crippen LogP contribution >= 0.6 is 0 Å². The standard InChI is InChI=1S/C19H24N2O2/c1-12(10-11-16-8-6-5-7-9-16)20-19(23)18-13(2)17(15(4)22)14(3)21-18/h5-9,12,21H,10-11H2,1-4H3,(H,20,23)/t12-/m1/s1. The smallest absolute Gasteiger partial charge is 0.268 e. The lowest BCUT2D eigenvalue weighted by Crippen LogP contribution is -2.33.